The Morgan fingerprint density at radius 1 is 0.250 bits per heavy atom. The molecule has 10 heteroatoms. The van der Waals surface area contributed by atoms with Crippen molar-refractivity contribution in [2.45, 2.75) is 0 Å². The lowest BCUT2D eigenvalue weighted by molar-refractivity contribution is 1.06. The topological polar surface area (TPSA) is 167 Å². The summed E-state index contributed by atoms with van der Waals surface area (Å²) in [5.74, 6) is 1.29. The molecule has 0 radical (unpaired) electrons. The van der Waals surface area contributed by atoms with Crippen LogP contribution in [0.15, 0.2) is 243 Å². The van der Waals surface area contributed by atoms with Crippen molar-refractivity contribution >= 4 is 43.6 Å². The van der Waals surface area contributed by atoms with Gasteiger partial charge in [-0.05, 0) is 154 Å². The number of rotatable bonds is 9. The Bertz CT molecular complexity index is 4980. The van der Waals surface area contributed by atoms with E-state index in [9.17, 15) is 26.3 Å². The first kappa shape index (κ1) is 49.8. The van der Waals surface area contributed by atoms with Gasteiger partial charge in [0.15, 0.2) is 17.5 Å². The van der Waals surface area contributed by atoms with Crippen LogP contribution in [0, 0.1) is 56.7 Å². The Labute approximate surface area is 482 Å². The number of hydrogen-bond donors (Lipinski definition) is 0. The second-order valence-corrected chi connectivity index (χ2v) is 20.4. The summed E-state index contributed by atoms with van der Waals surface area (Å²) in [6, 6.07) is 90.8. The summed E-state index contributed by atoms with van der Waals surface area (Å²) in [4.78, 5) is 15.8. The van der Waals surface area contributed by atoms with Crippen LogP contribution in [0.2, 0.25) is 0 Å². The van der Waals surface area contributed by atoms with E-state index in [2.05, 4.69) is 100 Å². The third-order valence-corrected chi connectivity index (χ3v) is 15.5. The molecule has 84 heavy (non-hydrogen) atoms. The van der Waals surface area contributed by atoms with E-state index in [-0.39, 0.29) is 0 Å². The minimum absolute atomic E-state index is 0.369. The summed E-state index contributed by atoms with van der Waals surface area (Å²) in [5.41, 5.74) is 16.5. The highest BCUT2D eigenvalue weighted by atomic mass is 15.1. The predicted octanol–water partition coefficient (Wildman–Crippen LogP) is 17.1. The number of benzene rings is 11. The van der Waals surface area contributed by atoms with Gasteiger partial charge < -0.3 is 9.13 Å². The minimum atomic E-state index is 0.369. The molecule has 0 saturated heterocycles. The lowest BCUT2D eigenvalue weighted by Crippen LogP contribution is -2.07. The maximum Gasteiger partial charge on any atom is 0.166 e. The molecule has 14 aromatic rings. The summed E-state index contributed by atoms with van der Waals surface area (Å²) < 4.78 is 4.31. The summed E-state index contributed by atoms with van der Waals surface area (Å²) >= 11 is 0. The third kappa shape index (κ3) is 8.70. The Hall–Kier alpha value is -12.5. The number of fused-ring (bicyclic) bond motifs is 6. The summed E-state index contributed by atoms with van der Waals surface area (Å²) in [6.07, 6.45) is 0. The molecule has 0 amide bonds. The number of aromatic nitrogens is 5. The molecule has 0 aliphatic carbocycles. The van der Waals surface area contributed by atoms with Gasteiger partial charge in [-0.15, -0.1) is 0 Å². The molecule has 0 spiro atoms. The van der Waals surface area contributed by atoms with Crippen LogP contribution in [0.25, 0.3) is 134 Å². The molecule has 386 valence electrons. The van der Waals surface area contributed by atoms with Crippen LogP contribution in [0.4, 0.5) is 0 Å². The fraction of sp³-hybridized carbons (Fsp3) is 0. The quantitative estimate of drug-likeness (QED) is 0.138. The van der Waals surface area contributed by atoms with Crippen LogP contribution in [0.5, 0.6) is 0 Å². The second kappa shape index (κ2) is 20.6. The van der Waals surface area contributed by atoms with Gasteiger partial charge in [-0.3, -0.25) is 0 Å². The van der Waals surface area contributed by atoms with Crippen molar-refractivity contribution in [2.75, 3.05) is 0 Å². The first-order valence-corrected chi connectivity index (χ1v) is 27.0. The summed E-state index contributed by atoms with van der Waals surface area (Å²) in [5, 5.41) is 55.1. The van der Waals surface area contributed by atoms with E-state index in [0.29, 0.717) is 62.2 Å². The van der Waals surface area contributed by atoms with Crippen molar-refractivity contribution in [1.82, 2.24) is 24.1 Å². The van der Waals surface area contributed by atoms with Crippen molar-refractivity contribution < 1.29 is 0 Å². The van der Waals surface area contributed by atoms with E-state index in [1.807, 2.05) is 158 Å². The van der Waals surface area contributed by atoms with Gasteiger partial charge in [0.25, 0.3) is 0 Å². The Morgan fingerprint density at radius 2 is 0.560 bits per heavy atom. The summed E-state index contributed by atoms with van der Waals surface area (Å²) in [7, 11) is 0. The van der Waals surface area contributed by atoms with Crippen LogP contribution < -0.4 is 0 Å². The molecule has 0 fully saturated rings. The van der Waals surface area contributed by atoms with Gasteiger partial charge in [-0.25, -0.2) is 15.0 Å². The average Bonchev–Trinajstić information content (AvgIpc) is 3.36. The molecule has 10 nitrogen and oxygen atoms in total. The fourth-order valence-corrected chi connectivity index (χ4v) is 11.5. The molecule has 0 atom stereocenters. The van der Waals surface area contributed by atoms with E-state index in [1.165, 1.54) is 0 Å². The molecular formula is C74H40N10. The van der Waals surface area contributed by atoms with Gasteiger partial charge in [0.2, 0.25) is 0 Å². The van der Waals surface area contributed by atoms with Crippen LogP contribution in [0.3, 0.4) is 0 Å². The first-order chi connectivity index (χ1) is 41.4. The lowest BCUT2D eigenvalue weighted by Gasteiger charge is -2.19. The van der Waals surface area contributed by atoms with E-state index in [1.54, 1.807) is 24.3 Å². The Balaban J connectivity index is 1.09. The molecule has 0 N–H and O–H groups in total. The maximum atomic E-state index is 11.7. The van der Waals surface area contributed by atoms with Crippen molar-refractivity contribution in [3.8, 4) is 120 Å². The van der Waals surface area contributed by atoms with Crippen molar-refractivity contribution in [3.05, 3.63) is 270 Å². The van der Waals surface area contributed by atoms with Crippen LogP contribution in [-0.4, -0.2) is 24.1 Å². The Kier molecular flexibility index (Phi) is 12.2. The fourth-order valence-electron chi connectivity index (χ4n) is 11.5. The maximum absolute atomic E-state index is 11.7. The van der Waals surface area contributed by atoms with E-state index >= 15 is 0 Å². The zero-order chi connectivity index (χ0) is 56.8. The normalized spacial score (nSPS) is 11.0. The van der Waals surface area contributed by atoms with E-state index in [4.69, 9.17) is 15.0 Å². The first-order valence-electron chi connectivity index (χ1n) is 27.0. The molecule has 0 aliphatic rings. The molecule has 11 aromatic carbocycles. The van der Waals surface area contributed by atoms with Crippen molar-refractivity contribution in [2.24, 2.45) is 0 Å². The van der Waals surface area contributed by atoms with Gasteiger partial charge in [0, 0.05) is 38.2 Å². The van der Waals surface area contributed by atoms with Gasteiger partial charge >= 0.3 is 0 Å². The average molecular weight is 1070 g/mol. The molecule has 0 unspecified atom stereocenters. The van der Waals surface area contributed by atoms with Crippen molar-refractivity contribution in [1.29, 1.82) is 26.3 Å². The van der Waals surface area contributed by atoms with Crippen LogP contribution in [-0.2, 0) is 0 Å². The monoisotopic (exact) mass is 1070 g/mol. The molecular weight excluding hydrogens is 1030 g/mol. The standard InChI is InChI=1S/C74H40N10/c75-41-46-11-7-19-52(31-46)56-23-27-66-61(35-56)62-36-57(53-20-8-12-47(32-53)42-76)24-28-67(62)83(66)70-40-65(74-81-72(50-15-3-1-4-16-50)80-73(82-74)51-17-5-2-6-18-51)71(39-60(70)45-79)84-68-29-25-58(54-21-9-13-48(33-54)43-77)37-63(68)64-38-59(26-30-69(64)84)55-22-10-14-49(34-55)44-78/h1-40H. The number of nitriles is 5. The third-order valence-electron chi connectivity index (χ3n) is 15.5. The highest BCUT2D eigenvalue weighted by Gasteiger charge is 2.26. The zero-order valence-corrected chi connectivity index (χ0v) is 44.6. The molecule has 3 heterocycles. The molecule has 0 aliphatic heterocycles. The molecule has 14 rings (SSSR count). The van der Waals surface area contributed by atoms with Crippen LogP contribution in [0.1, 0.15) is 27.8 Å². The lowest BCUT2D eigenvalue weighted by atomic mass is 9.99. The smallest absolute Gasteiger partial charge is 0.166 e. The zero-order valence-electron chi connectivity index (χ0n) is 44.6. The van der Waals surface area contributed by atoms with Gasteiger partial charge in [0.1, 0.15) is 6.07 Å². The SMILES string of the molecule is N#Cc1cccc(-c2ccc3c(c2)c2cc(-c4cccc(C#N)c4)ccc2n3-c2cc(-c3nc(-c4ccccc4)nc(-c4ccccc4)n3)c(-n3c4ccc(-c5cccc(C#N)c5)cc4c4cc(-c5cccc(C#N)c5)ccc43)cc2C#N)c1. The number of hydrogen-bond acceptors (Lipinski definition) is 8. The number of nitrogens with zero attached hydrogens (tertiary/aromatic N) is 10. The molecule has 0 bridgehead atoms. The minimum Gasteiger partial charge on any atom is -0.308 e. The van der Waals surface area contributed by atoms with Crippen LogP contribution >= 0.6 is 0 Å². The highest BCUT2D eigenvalue weighted by molar-refractivity contribution is 6.14. The Morgan fingerprint density at radius 3 is 0.893 bits per heavy atom. The molecule has 0 saturated carbocycles. The largest absolute Gasteiger partial charge is 0.308 e. The van der Waals surface area contributed by atoms with Crippen molar-refractivity contribution in [3.63, 3.8) is 0 Å². The van der Waals surface area contributed by atoms with Gasteiger partial charge in [-0.1, -0.05) is 133 Å². The predicted molar refractivity (Wildman–Crippen MR) is 330 cm³/mol. The van der Waals surface area contributed by atoms with E-state index < -0.39 is 0 Å². The second-order valence-electron chi connectivity index (χ2n) is 20.4. The summed E-state index contributed by atoms with van der Waals surface area (Å²) in [6.45, 7) is 0. The highest BCUT2D eigenvalue weighted by Crippen LogP contribution is 2.44. The molecule has 3 aromatic heterocycles. The van der Waals surface area contributed by atoms with Gasteiger partial charge in [-0.2, -0.15) is 26.3 Å². The van der Waals surface area contributed by atoms with E-state index in [0.717, 1.165) is 99.2 Å². The van der Waals surface area contributed by atoms with Gasteiger partial charge in [0.05, 0.1) is 85.5 Å².